The Morgan fingerprint density at radius 1 is 0.676 bits per heavy atom. The second kappa shape index (κ2) is 10.9. The Kier molecular flexibility index (Phi) is 8.75. The standard InChI is InChI=1S/C21H26O12S/c1-10-6-8-15(9-7-10)34(27,28)33-18-16(26)17(29-11(2)22)19(30-12(3)23)21(32-14(5)25)20(18)31-13(4)24/h6-9,16-21,26H,1-5H3/t16-,17+,18-,19-,20+,21+/m1/s1. The van der Waals surface area contributed by atoms with Gasteiger partial charge in [-0.05, 0) is 19.1 Å². The Balaban J connectivity index is 2.60. The first-order valence-corrected chi connectivity index (χ1v) is 11.5. The zero-order valence-corrected chi connectivity index (χ0v) is 19.9. The molecule has 1 aromatic carbocycles. The molecule has 0 amide bonds. The van der Waals surface area contributed by atoms with E-state index in [1.54, 1.807) is 6.92 Å². The van der Waals surface area contributed by atoms with Crippen molar-refractivity contribution in [1.29, 1.82) is 0 Å². The SMILES string of the molecule is CC(=O)O[C@@H]1[C@@H](OC(C)=O)[C@H](OS(=O)(=O)c2ccc(C)cc2)[C@H](O)[C@H](OC(C)=O)[C@H]1OC(C)=O. The van der Waals surface area contributed by atoms with Crippen molar-refractivity contribution in [3.8, 4) is 0 Å². The maximum Gasteiger partial charge on any atom is 0.303 e. The fourth-order valence-electron chi connectivity index (χ4n) is 3.46. The molecule has 1 aliphatic carbocycles. The molecule has 6 atom stereocenters. The summed E-state index contributed by atoms with van der Waals surface area (Å²) in [5.74, 6) is -3.69. The van der Waals surface area contributed by atoms with E-state index in [2.05, 4.69) is 0 Å². The molecule has 0 aromatic heterocycles. The Morgan fingerprint density at radius 2 is 1.03 bits per heavy atom. The monoisotopic (exact) mass is 502 g/mol. The highest BCUT2D eigenvalue weighted by atomic mass is 32.2. The van der Waals surface area contributed by atoms with Gasteiger partial charge in [-0.3, -0.25) is 23.4 Å². The number of benzene rings is 1. The average Bonchev–Trinajstić information content (AvgIpc) is 2.69. The van der Waals surface area contributed by atoms with E-state index in [1.807, 2.05) is 0 Å². The molecule has 2 rings (SSSR count). The van der Waals surface area contributed by atoms with E-state index in [1.165, 1.54) is 24.3 Å². The molecule has 0 spiro atoms. The summed E-state index contributed by atoms with van der Waals surface area (Å²) in [7, 11) is -4.56. The van der Waals surface area contributed by atoms with Gasteiger partial charge >= 0.3 is 23.9 Å². The highest BCUT2D eigenvalue weighted by Crippen LogP contribution is 2.34. The smallest absolute Gasteiger partial charge is 0.303 e. The Labute approximate surface area is 196 Å². The number of rotatable bonds is 7. The topological polar surface area (TPSA) is 169 Å². The van der Waals surface area contributed by atoms with Gasteiger partial charge in [0.05, 0.1) is 4.90 Å². The van der Waals surface area contributed by atoms with E-state index in [0.717, 1.165) is 33.3 Å². The van der Waals surface area contributed by atoms with Gasteiger partial charge in [0.25, 0.3) is 10.1 Å². The predicted molar refractivity (Wildman–Crippen MR) is 111 cm³/mol. The van der Waals surface area contributed by atoms with Crippen LogP contribution in [0, 0.1) is 6.92 Å². The van der Waals surface area contributed by atoms with Crippen molar-refractivity contribution in [1.82, 2.24) is 0 Å². The summed E-state index contributed by atoms with van der Waals surface area (Å²) in [4.78, 5) is 46.7. The number of hydrogen-bond donors (Lipinski definition) is 1. The molecule has 0 radical (unpaired) electrons. The van der Waals surface area contributed by atoms with Gasteiger partial charge in [-0.2, -0.15) is 8.42 Å². The summed E-state index contributed by atoms with van der Waals surface area (Å²) in [6.07, 6.45) is -10.7. The lowest BCUT2D eigenvalue weighted by Gasteiger charge is -2.45. The van der Waals surface area contributed by atoms with Gasteiger partial charge in [0, 0.05) is 27.7 Å². The number of aryl methyl sites for hydroxylation is 1. The molecule has 13 heteroatoms. The highest BCUT2D eigenvalue weighted by Gasteiger charge is 2.59. The summed E-state index contributed by atoms with van der Waals surface area (Å²) in [6, 6.07) is 5.54. The normalized spacial score (nSPS) is 26.8. The molecule has 1 N–H and O–H groups in total. The molecule has 1 aliphatic rings. The first-order chi connectivity index (χ1) is 15.7. The van der Waals surface area contributed by atoms with Gasteiger partial charge in [-0.1, -0.05) is 17.7 Å². The second-order valence-electron chi connectivity index (χ2n) is 7.61. The molecule has 34 heavy (non-hydrogen) atoms. The van der Waals surface area contributed by atoms with E-state index in [-0.39, 0.29) is 4.90 Å². The molecular weight excluding hydrogens is 476 g/mol. The summed E-state index contributed by atoms with van der Waals surface area (Å²) in [5, 5.41) is 11.0. The fraction of sp³-hybridized carbons (Fsp3) is 0.524. The van der Waals surface area contributed by atoms with Crippen molar-refractivity contribution >= 4 is 34.0 Å². The molecule has 0 aliphatic heterocycles. The van der Waals surface area contributed by atoms with Gasteiger partial charge in [-0.25, -0.2) is 0 Å². The molecule has 0 heterocycles. The fourth-order valence-corrected chi connectivity index (χ4v) is 4.56. The lowest BCUT2D eigenvalue weighted by molar-refractivity contribution is -0.247. The van der Waals surface area contributed by atoms with E-state index < -0.39 is 70.6 Å². The maximum atomic E-state index is 12.9. The largest absolute Gasteiger partial charge is 0.456 e. The van der Waals surface area contributed by atoms with Crippen molar-refractivity contribution in [2.75, 3.05) is 0 Å². The summed E-state index contributed by atoms with van der Waals surface area (Å²) in [5.41, 5.74) is 0.767. The lowest BCUT2D eigenvalue weighted by Crippen LogP contribution is -2.68. The zero-order chi connectivity index (χ0) is 25.8. The third-order valence-corrected chi connectivity index (χ3v) is 6.05. The van der Waals surface area contributed by atoms with Crippen LogP contribution < -0.4 is 0 Å². The van der Waals surface area contributed by atoms with Crippen LogP contribution in [0.15, 0.2) is 29.2 Å². The van der Waals surface area contributed by atoms with Gasteiger partial charge in [-0.15, -0.1) is 0 Å². The van der Waals surface area contributed by atoms with Crippen LogP contribution in [0.3, 0.4) is 0 Å². The van der Waals surface area contributed by atoms with Crippen molar-refractivity contribution in [2.45, 2.75) is 76.1 Å². The minimum Gasteiger partial charge on any atom is -0.456 e. The average molecular weight is 502 g/mol. The number of carbonyl (C=O) groups excluding carboxylic acids is 4. The number of ether oxygens (including phenoxy) is 4. The highest BCUT2D eigenvalue weighted by molar-refractivity contribution is 7.86. The number of aliphatic hydroxyl groups excluding tert-OH is 1. The molecule has 12 nitrogen and oxygen atoms in total. The molecular formula is C21H26O12S. The lowest BCUT2D eigenvalue weighted by atomic mass is 9.84. The maximum absolute atomic E-state index is 12.9. The number of carbonyl (C=O) groups is 4. The van der Waals surface area contributed by atoms with E-state index in [0.29, 0.717) is 0 Å². The second-order valence-corrected chi connectivity index (χ2v) is 9.19. The molecule has 188 valence electrons. The Morgan fingerprint density at radius 3 is 1.44 bits per heavy atom. The number of esters is 4. The molecule has 1 fully saturated rings. The van der Waals surface area contributed by atoms with Gasteiger partial charge < -0.3 is 24.1 Å². The molecule has 1 saturated carbocycles. The van der Waals surface area contributed by atoms with Crippen LogP contribution in [0.25, 0.3) is 0 Å². The molecule has 1 aromatic rings. The minimum atomic E-state index is -4.56. The Hall–Kier alpha value is -3.03. The van der Waals surface area contributed by atoms with Crippen LogP contribution in [0.2, 0.25) is 0 Å². The van der Waals surface area contributed by atoms with E-state index in [9.17, 15) is 32.7 Å². The van der Waals surface area contributed by atoms with Crippen LogP contribution in [0.5, 0.6) is 0 Å². The van der Waals surface area contributed by atoms with Gasteiger partial charge in [0.15, 0.2) is 24.4 Å². The number of aliphatic hydroxyl groups is 1. The molecule has 0 saturated heterocycles. The van der Waals surface area contributed by atoms with Gasteiger partial charge in [0.2, 0.25) is 0 Å². The summed E-state index contributed by atoms with van der Waals surface area (Å²) in [6.45, 7) is 5.73. The van der Waals surface area contributed by atoms with Crippen LogP contribution in [0.4, 0.5) is 0 Å². The van der Waals surface area contributed by atoms with Crippen molar-refractivity contribution in [3.05, 3.63) is 29.8 Å². The zero-order valence-electron chi connectivity index (χ0n) is 19.1. The van der Waals surface area contributed by atoms with Crippen molar-refractivity contribution in [2.24, 2.45) is 0 Å². The summed E-state index contributed by atoms with van der Waals surface area (Å²) < 4.78 is 51.6. The Bertz CT molecular complexity index is 1030. The summed E-state index contributed by atoms with van der Waals surface area (Å²) >= 11 is 0. The van der Waals surface area contributed by atoms with Gasteiger partial charge in [0.1, 0.15) is 12.2 Å². The first-order valence-electron chi connectivity index (χ1n) is 10.1. The van der Waals surface area contributed by atoms with Crippen molar-refractivity contribution in [3.63, 3.8) is 0 Å². The van der Waals surface area contributed by atoms with Crippen LogP contribution in [-0.2, 0) is 52.4 Å². The number of hydrogen-bond acceptors (Lipinski definition) is 12. The molecule has 0 unspecified atom stereocenters. The van der Waals surface area contributed by atoms with Crippen LogP contribution >= 0.6 is 0 Å². The minimum absolute atomic E-state index is 0.276. The van der Waals surface area contributed by atoms with Crippen LogP contribution in [0.1, 0.15) is 33.3 Å². The van der Waals surface area contributed by atoms with E-state index in [4.69, 9.17) is 23.1 Å². The molecule has 0 bridgehead atoms. The van der Waals surface area contributed by atoms with E-state index >= 15 is 0 Å². The quantitative estimate of drug-likeness (QED) is 0.305. The van der Waals surface area contributed by atoms with Crippen LogP contribution in [-0.4, -0.2) is 74.0 Å². The first kappa shape index (κ1) is 27.2. The third-order valence-electron chi connectivity index (χ3n) is 4.72. The third kappa shape index (κ3) is 6.74. The van der Waals surface area contributed by atoms with Crippen molar-refractivity contribution < 1.29 is 55.8 Å². The predicted octanol–water partition coefficient (Wildman–Crippen LogP) is 0.170.